The molecule has 1 nitrogen and oxygen atoms in total. The van der Waals surface area contributed by atoms with Gasteiger partial charge in [0.05, 0.1) is 0 Å². The van der Waals surface area contributed by atoms with Gasteiger partial charge in [0.2, 0.25) is 0 Å². The van der Waals surface area contributed by atoms with Crippen LogP contribution >= 0.6 is 0 Å². The summed E-state index contributed by atoms with van der Waals surface area (Å²) in [6.45, 7) is 3.33. The first-order valence-electron chi connectivity index (χ1n) is 6.01. The fourth-order valence-corrected chi connectivity index (χ4v) is 3.56. The Balaban J connectivity index is 0.000000132. The second-order valence-electron chi connectivity index (χ2n) is 4.30. The van der Waals surface area contributed by atoms with Gasteiger partial charge >= 0.3 is 0 Å². The first kappa shape index (κ1) is 11.3. The summed E-state index contributed by atoms with van der Waals surface area (Å²) in [4.78, 5) is 0. The van der Waals surface area contributed by atoms with Crippen LogP contribution in [0.4, 0.5) is 0 Å². The van der Waals surface area contributed by atoms with E-state index in [0.717, 1.165) is 6.61 Å². The lowest BCUT2D eigenvalue weighted by Crippen LogP contribution is -2.18. The van der Waals surface area contributed by atoms with Gasteiger partial charge in [0.15, 0.2) is 9.04 Å². The topological polar surface area (TPSA) is 9.23 Å². The van der Waals surface area contributed by atoms with Crippen LogP contribution in [-0.2, 0) is 4.43 Å². The molecule has 1 unspecified atom stereocenters. The molecule has 2 aliphatic rings. The number of hydrogen-bond acceptors (Lipinski definition) is 1. The first-order valence-corrected chi connectivity index (χ1v) is 8.45. The maximum absolute atomic E-state index is 5.42. The minimum Gasteiger partial charge on any atom is -0.420 e. The van der Waals surface area contributed by atoms with Crippen molar-refractivity contribution < 1.29 is 4.43 Å². The van der Waals surface area contributed by atoms with Crippen LogP contribution in [0.5, 0.6) is 0 Å². The number of rotatable bonds is 0. The third-order valence-corrected chi connectivity index (χ3v) is 4.93. The highest BCUT2D eigenvalue weighted by Crippen LogP contribution is 2.15. The summed E-state index contributed by atoms with van der Waals surface area (Å²) in [6.07, 6.45) is 11.7. The van der Waals surface area contributed by atoms with Crippen molar-refractivity contribution in [2.45, 2.75) is 64.0 Å². The SMILES string of the molecule is C1CCCCC1.C[SiH]1CCCCO1. The molecule has 0 aromatic carbocycles. The monoisotopic (exact) mass is 200 g/mol. The maximum atomic E-state index is 5.42. The smallest absolute Gasteiger partial charge is 0.173 e. The van der Waals surface area contributed by atoms with Gasteiger partial charge in [-0.25, -0.2) is 0 Å². The standard InChI is InChI=1S/C6H12.C5H12OSi/c1-2-4-6-5-3-1;1-7-5-3-2-4-6-7/h1-6H2;7H,2-5H2,1H3. The van der Waals surface area contributed by atoms with E-state index in [2.05, 4.69) is 6.55 Å². The van der Waals surface area contributed by atoms with Crippen molar-refractivity contribution in [1.82, 2.24) is 0 Å². The Morgan fingerprint density at radius 1 is 0.769 bits per heavy atom. The molecule has 13 heavy (non-hydrogen) atoms. The van der Waals surface area contributed by atoms with Gasteiger partial charge in [-0.2, -0.15) is 0 Å². The van der Waals surface area contributed by atoms with Crippen LogP contribution in [0, 0.1) is 0 Å². The van der Waals surface area contributed by atoms with Gasteiger partial charge in [0.1, 0.15) is 0 Å². The van der Waals surface area contributed by atoms with Crippen molar-refractivity contribution in [3.05, 3.63) is 0 Å². The zero-order valence-corrected chi connectivity index (χ0v) is 10.2. The normalized spacial score (nSPS) is 28.8. The minimum absolute atomic E-state index is 0.595. The van der Waals surface area contributed by atoms with Crippen LogP contribution in [0.15, 0.2) is 0 Å². The van der Waals surface area contributed by atoms with Gasteiger partial charge < -0.3 is 4.43 Å². The molecule has 0 radical (unpaired) electrons. The molecule has 0 N–H and O–H groups in total. The van der Waals surface area contributed by atoms with Gasteiger partial charge in [-0.05, 0) is 19.0 Å². The Hall–Kier alpha value is 0.177. The molecule has 1 atom stereocenters. The van der Waals surface area contributed by atoms with Crippen LogP contribution in [0.1, 0.15) is 51.4 Å². The Labute approximate surface area is 84.6 Å². The van der Waals surface area contributed by atoms with Crippen LogP contribution < -0.4 is 0 Å². The van der Waals surface area contributed by atoms with Crippen molar-refractivity contribution in [1.29, 1.82) is 0 Å². The zero-order chi connectivity index (χ0) is 9.36. The Bertz CT molecular complexity index is 95.1. The molecule has 1 aliphatic heterocycles. The Morgan fingerprint density at radius 2 is 1.31 bits per heavy atom. The molecular formula is C11H24OSi. The van der Waals surface area contributed by atoms with Crippen molar-refractivity contribution in [2.75, 3.05) is 6.61 Å². The van der Waals surface area contributed by atoms with Gasteiger partial charge in [0, 0.05) is 6.61 Å². The molecule has 0 spiro atoms. The second-order valence-corrected chi connectivity index (χ2v) is 6.83. The molecule has 1 saturated carbocycles. The Morgan fingerprint density at radius 3 is 1.54 bits per heavy atom. The van der Waals surface area contributed by atoms with Crippen LogP contribution in [0.25, 0.3) is 0 Å². The molecular weight excluding hydrogens is 176 g/mol. The summed E-state index contributed by atoms with van der Waals surface area (Å²) in [6, 6.07) is 1.40. The summed E-state index contributed by atoms with van der Waals surface area (Å²) < 4.78 is 5.42. The predicted octanol–water partition coefficient (Wildman–Crippen LogP) is 3.49. The summed E-state index contributed by atoms with van der Waals surface area (Å²) in [5.74, 6) is 0. The molecule has 2 fully saturated rings. The lowest BCUT2D eigenvalue weighted by molar-refractivity contribution is 0.291. The zero-order valence-electron chi connectivity index (χ0n) is 9.06. The van der Waals surface area contributed by atoms with E-state index in [0.29, 0.717) is 0 Å². The fourth-order valence-electron chi connectivity index (χ4n) is 1.96. The van der Waals surface area contributed by atoms with E-state index in [1.807, 2.05) is 0 Å². The molecule has 2 heteroatoms. The summed E-state index contributed by atoms with van der Waals surface area (Å²) in [7, 11) is -0.595. The van der Waals surface area contributed by atoms with Crippen LogP contribution in [0.2, 0.25) is 12.6 Å². The average molecular weight is 200 g/mol. The Kier molecular flexibility index (Phi) is 6.55. The van der Waals surface area contributed by atoms with Gasteiger partial charge in [-0.3, -0.25) is 0 Å². The molecule has 78 valence electrons. The maximum Gasteiger partial charge on any atom is 0.173 e. The van der Waals surface area contributed by atoms with E-state index >= 15 is 0 Å². The molecule has 1 saturated heterocycles. The lowest BCUT2D eigenvalue weighted by Gasteiger charge is -2.16. The summed E-state index contributed by atoms with van der Waals surface area (Å²) in [5, 5.41) is 0. The van der Waals surface area contributed by atoms with Crippen molar-refractivity contribution in [2.24, 2.45) is 0 Å². The van der Waals surface area contributed by atoms with E-state index in [-0.39, 0.29) is 0 Å². The van der Waals surface area contributed by atoms with E-state index in [1.165, 1.54) is 57.4 Å². The van der Waals surface area contributed by atoms with E-state index < -0.39 is 9.04 Å². The van der Waals surface area contributed by atoms with Gasteiger partial charge in [0.25, 0.3) is 0 Å². The number of hydrogen-bond donors (Lipinski definition) is 0. The highest BCUT2D eigenvalue weighted by atomic mass is 28.3. The third kappa shape index (κ3) is 6.27. The minimum atomic E-state index is -0.595. The van der Waals surface area contributed by atoms with E-state index in [4.69, 9.17) is 4.43 Å². The predicted molar refractivity (Wildman–Crippen MR) is 60.7 cm³/mol. The quantitative estimate of drug-likeness (QED) is 0.544. The van der Waals surface area contributed by atoms with E-state index in [1.54, 1.807) is 0 Å². The van der Waals surface area contributed by atoms with Gasteiger partial charge in [-0.15, -0.1) is 0 Å². The summed E-state index contributed by atoms with van der Waals surface area (Å²) in [5.41, 5.74) is 0. The third-order valence-electron chi connectivity index (χ3n) is 2.91. The van der Waals surface area contributed by atoms with E-state index in [9.17, 15) is 0 Å². The molecule has 0 aromatic heterocycles. The largest absolute Gasteiger partial charge is 0.420 e. The molecule has 1 aliphatic carbocycles. The molecule has 1 heterocycles. The second kappa shape index (κ2) is 7.57. The van der Waals surface area contributed by atoms with Crippen molar-refractivity contribution >= 4 is 9.04 Å². The van der Waals surface area contributed by atoms with Crippen LogP contribution in [-0.4, -0.2) is 15.6 Å². The molecule has 0 aromatic rings. The van der Waals surface area contributed by atoms with Crippen molar-refractivity contribution in [3.8, 4) is 0 Å². The highest BCUT2D eigenvalue weighted by molar-refractivity contribution is 6.50. The summed E-state index contributed by atoms with van der Waals surface area (Å²) >= 11 is 0. The molecule has 2 rings (SSSR count). The highest BCUT2D eigenvalue weighted by Gasteiger charge is 2.08. The van der Waals surface area contributed by atoms with Crippen molar-refractivity contribution in [3.63, 3.8) is 0 Å². The average Bonchev–Trinajstić information content (AvgIpc) is 2.22. The molecule has 0 amide bonds. The lowest BCUT2D eigenvalue weighted by atomic mass is 10.0. The van der Waals surface area contributed by atoms with Gasteiger partial charge in [-0.1, -0.05) is 44.9 Å². The fraction of sp³-hybridized carbons (Fsp3) is 1.00. The molecule has 0 bridgehead atoms. The van der Waals surface area contributed by atoms with Crippen LogP contribution in [0.3, 0.4) is 0 Å². The first-order chi connectivity index (χ1) is 6.39.